The highest BCUT2D eigenvalue weighted by Gasteiger charge is 2.29. The van der Waals surface area contributed by atoms with E-state index in [9.17, 15) is 4.79 Å². The first-order valence-electron chi connectivity index (χ1n) is 9.25. The molecular formula is C22H25NO5. The SMILES string of the molecule is COC(=O)c1cc(Oc2ccc(C3C(C)=NOC3C)cc2)cc(OC(C)C)c1. The van der Waals surface area contributed by atoms with E-state index in [-0.39, 0.29) is 18.1 Å². The van der Waals surface area contributed by atoms with E-state index in [1.165, 1.54) is 7.11 Å². The Morgan fingerprint density at radius 1 is 1.07 bits per heavy atom. The minimum atomic E-state index is -0.445. The molecule has 0 saturated heterocycles. The maximum Gasteiger partial charge on any atom is 0.338 e. The Bertz CT molecular complexity index is 873. The number of carbonyl (C=O) groups excluding carboxylic acids is 1. The van der Waals surface area contributed by atoms with Gasteiger partial charge in [0.25, 0.3) is 0 Å². The summed E-state index contributed by atoms with van der Waals surface area (Å²) in [7, 11) is 1.34. The highest BCUT2D eigenvalue weighted by atomic mass is 16.6. The molecule has 1 heterocycles. The smallest absolute Gasteiger partial charge is 0.338 e. The van der Waals surface area contributed by atoms with Crippen molar-refractivity contribution in [2.45, 2.75) is 45.8 Å². The number of benzene rings is 2. The van der Waals surface area contributed by atoms with Gasteiger partial charge in [-0.05, 0) is 57.5 Å². The maximum atomic E-state index is 12.0. The number of carbonyl (C=O) groups is 1. The summed E-state index contributed by atoms with van der Waals surface area (Å²) in [6.45, 7) is 7.81. The number of oxime groups is 1. The van der Waals surface area contributed by atoms with E-state index in [1.807, 2.05) is 52.0 Å². The lowest BCUT2D eigenvalue weighted by Crippen LogP contribution is -2.16. The Labute approximate surface area is 165 Å². The van der Waals surface area contributed by atoms with Gasteiger partial charge in [0.15, 0.2) is 0 Å². The molecule has 0 spiro atoms. The molecule has 148 valence electrons. The first-order valence-corrected chi connectivity index (χ1v) is 9.25. The lowest BCUT2D eigenvalue weighted by molar-refractivity contribution is 0.0599. The molecule has 2 atom stereocenters. The summed E-state index contributed by atoms with van der Waals surface area (Å²) < 4.78 is 16.5. The van der Waals surface area contributed by atoms with Gasteiger partial charge < -0.3 is 19.0 Å². The average molecular weight is 383 g/mol. The van der Waals surface area contributed by atoms with Crippen LogP contribution in [0.1, 0.15) is 49.5 Å². The molecule has 0 amide bonds. The van der Waals surface area contributed by atoms with Crippen LogP contribution in [-0.2, 0) is 9.57 Å². The molecule has 2 aromatic carbocycles. The zero-order valence-corrected chi connectivity index (χ0v) is 16.8. The van der Waals surface area contributed by atoms with Crippen molar-refractivity contribution in [1.29, 1.82) is 0 Å². The number of rotatable bonds is 6. The number of esters is 1. The second-order valence-electron chi connectivity index (χ2n) is 7.04. The Balaban J connectivity index is 1.82. The molecule has 28 heavy (non-hydrogen) atoms. The van der Waals surface area contributed by atoms with Crippen LogP contribution >= 0.6 is 0 Å². The van der Waals surface area contributed by atoms with Crippen LogP contribution in [0.25, 0.3) is 0 Å². The Hall–Kier alpha value is -3.02. The molecule has 6 heteroatoms. The van der Waals surface area contributed by atoms with Crippen molar-refractivity contribution >= 4 is 11.7 Å². The van der Waals surface area contributed by atoms with Crippen LogP contribution in [0.4, 0.5) is 0 Å². The molecule has 2 unspecified atom stereocenters. The fourth-order valence-corrected chi connectivity index (χ4v) is 3.22. The van der Waals surface area contributed by atoms with Gasteiger partial charge in [-0.1, -0.05) is 17.3 Å². The van der Waals surface area contributed by atoms with Crippen molar-refractivity contribution in [2.24, 2.45) is 5.16 Å². The molecule has 0 aliphatic carbocycles. The van der Waals surface area contributed by atoms with E-state index in [2.05, 4.69) is 5.16 Å². The molecule has 1 aliphatic heterocycles. The molecule has 6 nitrogen and oxygen atoms in total. The zero-order valence-electron chi connectivity index (χ0n) is 16.8. The normalized spacial score (nSPS) is 18.4. The van der Waals surface area contributed by atoms with E-state index >= 15 is 0 Å². The summed E-state index contributed by atoms with van der Waals surface area (Å²) in [5, 5.41) is 4.06. The molecule has 0 radical (unpaired) electrons. The standard InChI is InChI=1S/C22H25NO5/c1-13(2)26-19-10-17(22(24)25-5)11-20(12-19)27-18-8-6-16(7-9-18)21-14(3)23-28-15(21)4/h6-13,15,21H,1-5H3. The van der Waals surface area contributed by atoms with E-state index in [1.54, 1.807) is 18.2 Å². The number of methoxy groups -OCH3 is 1. The molecule has 1 aliphatic rings. The average Bonchev–Trinajstić information content (AvgIpc) is 2.99. The topological polar surface area (TPSA) is 66.4 Å². The molecule has 0 N–H and O–H groups in total. The first kappa shape index (κ1) is 19.7. The van der Waals surface area contributed by atoms with Gasteiger partial charge in [0.1, 0.15) is 23.4 Å². The monoisotopic (exact) mass is 383 g/mol. The van der Waals surface area contributed by atoms with Crippen molar-refractivity contribution in [2.75, 3.05) is 7.11 Å². The predicted octanol–water partition coefficient (Wildman–Crippen LogP) is 4.93. The first-order chi connectivity index (χ1) is 13.4. The lowest BCUT2D eigenvalue weighted by Gasteiger charge is -2.16. The Morgan fingerprint density at radius 2 is 1.75 bits per heavy atom. The van der Waals surface area contributed by atoms with Gasteiger partial charge in [-0.15, -0.1) is 0 Å². The number of hydrogen-bond donors (Lipinski definition) is 0. The highest BCUT2D eigenvalue weighted by molar-refractivity contribution is 5.90. The lowest BCUT2D eigenvalue weighted by atomic mass is 9.91. The minimum absolute atomic E-state index is 0.0132. The van der Waals surface area contributed by atoms with Crippen molar-refractivity contribution in [1.82, 2.24) is 0 Å². The number of nitrogens with zero attached hydrogens (tertiary/aromatic N) is 1. The molecule has 0 aromatic heterocycles. The van der Waals surface area contributed by atoms with Gasteiger partial charge in [0, 0.05) is 6.07 Å². The van der Waals surface area contributed by atoms with Gasteiger partial charge in [-0.25, -0.2) is 4.79 Å². The van der Waals surface area contributed by atoms with Crippen LogP contribution in [0.3, 0.4) is 0 Å². The Kier molecular flexibility index (Phi) is 5.87. The summed E-state index contributed by atoms with van der Waals surface area (Å²) in [4.78, 5) is 17.3. The third-order valence-corrected chi connectivity index (χ3v) is 4.43. The van der Waals surface area contributed by atoms with E-state index in [0.717, 1.165) is 11.3 Å². The van der Waals surface area contributed by atoms with Crippen LogP contribution < -0.4 is 9.47 Å². The van der Waals surface area contributed by atoms with Gasteiger partial charge >= 0.3 is 5.97 Å². The van der Waals surface area contributed by atoms with Crippen LogP contribution in [0, 0.1) is 0 Å². The predicted molar refractivity (Wildman–Crippen MR) is 106 cm³/mol. The van der Waals surface area contributed by atoms with Crippen molar-refractivity contribution in [3.8, 4) is 17.2 Å². The molecular weight excluding hydrogens is 358 g/mol. The number of ether oxygens (including phenoxy) is 3. The van der Waals surface area contributed by atoms with Gasteiger partial charge in [-0.3, -0.25) is 0 Å². The second kappa shape index (κ2) is 8.33. The van der Waals surface area contributed by atoms with Crippen LogP contribution in [0.15, 0.2) is 47.6 Å². The fraction of sp³-hybridized carbons (Fsp3) is 0.364. The van der Waals surface area contributed by atoms with Crippen molar-refractivity contribution < 1.29 is 23.8 Å². The molecule has 0 bridgehead atoms. The summed E-state index contributed by atoms with van der Waals surface area (Å²) >= 11 is 0. The number of hydrogen-bond acceptors (Lipinski definition) is 6. The van der Waals surface area contributed by atoms with Crippen LogP contribution in [0.5, 0.6) is 17.2 Å². The third kappa shape index (κ3) is 4.44. The quantitative estimate of drug-likeness (QED) is 0.662. The molecule has 0 fully saturated rings. The van der Waals surface area contributed by atoms with Gasteiger partial charge in [0.05, 0.1) is 30.4 Å². The summed E-state index contributed by atoms with van der Waals surface area (Å²) in [6, 6.07) is 12.8. The van der Waals surface area contributed by atoms with E-state index < -0.39 is 5.97 Å². The van der Waals surface area contributed by atoms with Gasteiger partial charge in [-0.2, -0.15) is 0 Å². The summed E-state index contributed by atoms with van der Waals surface area (Å²) in [6.07, 6.45) is -0.0141. The van der Waals surface area contributed by atoms with Gasteiger partial charge in [0.2, 0.25) is 0 Å². The summed E-state index contributed by atoms with van der Waals surface area (Å²) in [5.41, 5.74) is 2.45. The molecule has 0 saturated carbocycles. The molecule has 3 rings (SSSR count). The molecule has 2 aromatic rings. The van der Waals surface area contributed by atoms with Crippen LogP contribution in [0.2, 0.25) is 0 Å². The van der Waals surface area contributed by atoms with E-state index in [4.69, 9.17) is 19.0 Å². The van der Waals surface area contributed by atoms with E-state index in [0.29, 0.717) is 22.8 Å². The largest absolute Gasteiger partial charge is 0.491 e. The Morgan fingerprint density at radius 3 is 2.32 bits per heavy atom. The zero-order chi connectivity index (χ0) is 20.3. The summed E-state index contributed by atoms with van der Waals surface area (Å²) in [5.74, 6) is 1.40. The van der Waals surface area contributed by atoms with Crippen LogP contribution in [-0.4, -0.2) is 31.0 Å². The third-order valence-electron chi connectivity index (χ3n) is 4.43. The minimum Gasteiger partial charge on any atom is -0.491 e. The van der Waals surface area contributed by atoms with Crippen molar-refractivity contribution in [3.05, 3.63) is 53.6 Å². The fourth-order valence-electron chi connectivity index (χ4n) is 3.22. The van der Waals surface area contributed by atoms with Crippen molar-refractivity contribution in [3.63, 3.8) is 0 Å². The maximum absolute atomic E-state index is 12.0. The highest BCUT2D eigenvalue weighted by Crippen LogP contribution is 2.32. The second-order valence-corrected chi connectivity index (χ2v) is 7.04.